The zero-order chi connectivity index (χ0) is 21.1. The highest BCUT2D eigenvalue weighted by Crippen LogP contribution is 2.22. The van der Waals surface area contributed by atoms with Gasteiger partial charge in [-0.15, -0.1) is 24.0 Å². The van der Waals surface area contributed by atoms with Gasteiger partial charge < -0.3 is 25.4 Å². The molecule has 0 saturated heterocycles. The maximum absolute atomic E-state index is 12.0. The Balaban J connectivity index is 0.00000450. The van der Waals surface area contributed by atoms with Crippen LogP contribution in [-0.2, 0) is 17.8 Å². The minimum Gasteiger partial charge on any atom is -0.497 e. The Bertz CT molecular complexity index is 832. The molecule has 0 fully saturated rings. The fourth-order valence-corrected chi connectivity index (χ4v) is 2.83. The molecule has 0 atom stereocenters. The first kappa shape index (κ1) is 25.8. The van der Waals surface area contributed by atoms with Crippen LogP contribution in [0.5, 0.6) is 11.5 Å². The normalized spacial score (nSPS) is 10.6. The summed E-state index contributed by atoms with van der Waals surface area (Å²) in [7, 11) is 4.88. The average Bonchev–Trinajstić information content (AvgIpc) is 2.75. The fourth-order valence-electron chi connectivity index (χ4n) is 2.56. The van der Waals surface area contributed by atoms with Gasteiger partial charge in [-0.3, -0.25) is 9.79 Å². The Hall–Kier alpha value is -2.20. The SMILES string of the molecule is CN=C(NCCc1ccc(OC)cc1Cl)NCC(=O)NCc1ccc(OC)cc1.I. The van der Waals surface area contributed by atoms with Crippen molar-refractivity contribution >= 4 is 47.4 Å². The van der Waals surface area contributed by atoms with Gasteiger partial charge in [0.25, 0.3) is 0 Å². The third-order valence-electron chi connectivity index (χ3n) is 4.24. The van der Waals surface area contributed by atoms with Crippen LogP contribution in [0.15, 0.2) is 47.5 Å². The van der Waals surface area contributed by atoms with Crippen LogP contribution in [0.25, 0.3) is 0 Å². The van der Waals surface area contributed by atoms with Crippen LogP contribution in [-0.4, -0.2) is 46.2 Å². The lowest BCUT2D eigenvalue weighted by Crippen LogP contribution is -2.43. The van der Waals surface area contributed by atoms with E-state index in [4.69, 9.17) is 21.1 Å². The molecule has 30 heavy (non-hydrogen) atoms. The fraction of sp³-hybridized carbons (Fsp3) is 0.333. The molecular weight excluding hydrogens is 519 g/mol. The van der Waals surface area contributed by atoms with Gasteiger partial charge in [-0.2, -0.15) is 0 Å². The van der Waals surface area contributed by atoms with E-state index in [1.165, 1.54) is 0 Å². The lowest BCUT2D eigenvalue weighted by molar-refractivity contribution is -0.120. The lowest BCUT2D eigenvalue weighted by atomic mass is 10.1. The molecule has 0 heterocycles. The van der Waals surface area contributed by atoms with Crippen LogP contribution in [0.4, 0.5) is 0 Å². The van der Waals surface area contributed by atoms with Gasteiger partial charge in [-0.25, -0.2) is 0 Å². The molecule has 0 aromatic heterocycles. The van der Waals surface area contributed by atoms with E-state index in [1.54, 1.807) is 27.3 Å². The van der Waals surface area contributed by atoms with E-state index < -0.39 is 0 Å². The molecule has 3 N–H and O–H groups in total. The molecule has 2 rings (SSSR count). The molecule has 0 saturated carbocycles. The smallest absolute Gasteiger partial charge is 0.239 e. The topological polar surface area (TPSA) is 84.0 Å². The van der Waals surface area contributed by atoms with Gasteiger partial charge in [0.2, 0.25) is 5.91 Å². The second-order valence-electron chi connectivity index (χ2n) is 6.18. The quantitative estimate of drug-likeness (QED) is 0.256. The summed E-state index contributed by atoms with van der Waals surface area (Å²) in [6.07, 6.45) is 0.715. The summed E-state index contributed by atoms with van der Waals surface area (Å²) in [4.78, 5) is 16.2. The highest BCUT2D eigenvalue weighted by molar-refractivity contribution is 14.0. The maximum Gasteiger partial charge on any atom is 0.239 e. The summed E-state index contributed by atoms with van der Waals surface area (Å²) >= 11 is 6.25. The third kappa shape index (κ3) is 8.66. The number of benzene rings is 2. The molecule has 164 valence electrons. The van der Waals surface area contributed by atoms with E-state index >= 15 is 0 Å². The molecule has 0 bridgehead atoms. The highest BCUT2D eigenvalue weighted by Gasteiger charge is 2.06. The third-order valence-corrected chi connectivity index (χ3v) is 4.59. The number of methoxy groups -OCH3 is 2. The molecule has 9 heteroatoms. The van der Waals surface area contributed by atoms with Gasteiger partial charge in [0.05, 0.1) is 20.8 Å². The summed E-state index contributed by atoms with van der Waals surface area (Å²) < 4.78 is 10.3. The Morgan fingerprint density at radius 3 is 2.27 bits per heavy atom. The van der Waals surface area contributed by atoms with E-state index in [0.717, 1.165) is 22.6 Å². The van der Waals surface area contributed by atoms with Crippen molar-refractivity contribution in [2.75, 3.05) is 34.4 Å². The van der Waals surface area contributed by atoms with E-state index in [9.17, 15) is 4.79 Å². The molecule has 0 aliphatic carbocycles. The Kier molecular flexibility index (Phi) is 12.0. The number of hydrogen-bond donors (Lipinski definition) is 3. The maximum atomic E-state index is 12.0. The average molecular weight is 547 g/mol. The monoisotopic (exact) mass is 546 g/mol. The second-order valence-corrected chi connectivity index (χ2v) is 6.59. The summed E-state index contributed by atoms with van der Waals surface area (Å²) in [5, 5.41) is 9.69. The Morgan fingerprint density at radius 1 is 1.00 bits per heavy atom. The van der Waals surface area contributed by atoms with Crippen molar-refractivity contribution in [3.05, 3.63) is 58.6 Å². The second kappa shape index (κ2) is 13.9. The Labute approximate surface area is 199 Å². The lowest BCUT2D eigenvalue weighted by Gasteiger charge is -2.13. The first-order valence-electron chi connectivity index (χ1n) is 9.22. The molecule has 1 amide bonds. The molecular formula is C21H28ClIN4O3. The van der Waals surface area contributed by atoms with Crippen molar-refractivity contribution in [2.24, 2.45) is 4.99 Å². The molecule has 2 aromatic carbocycles. The van der Waals surface area contributed by atoms with Crippen molar-refractivity contribution < 1.29 is 14.3 Å². The molecule has 2 aromatic rings. The molecule has 0 aliphatic heterocycles. The highest BCUT2D eigenvalue weighted by atomic mass is 127. The molecule has 0 spiro atoms. The summed E-state index contributed by atoms with van der Waals surface area (Å²) in [5.41, 5.74) is 2.01. The number of rotatable bonds is 9. The van der Waals surface area contributed by atoms with Crippen LogP contribution < -0.4 is 25.4 Å². The largest absolute Gasteiger partial charge is 0.497 e. The van der Waals surface area contributed by atoms with Crippen molar-refractivity contribution in [3.8, 4) is 11.5 Å². The number of carbonyl (C=O) groups excluding carboxylic acids is 1. The number of halogens is 2. The van der Waals surface area contributed by atoms with Crippen molar-refractivity contribution in [2.45, 2.75) is 13.0 Å². The van der Waals surface area contributed by atoms with E-state index in [1.807, 2.05) is 36.4 Å². The van der Waals surface area contributed by atoms with Crippen LogP contribution in [0.1, 0.15) is 11.1 Å². The zero-order valence-electron chi connectivity index (χ0n) is 17.3. The van der Waals surface area contributed by atoms with Crippen molar-refractivity contribution in [1.29, 1.82) is 0 Å². The molecule has 0 aliphatic rings. The van der Waals surface area contributed by atoms with Gasteiger partial charge in [0.1, 0.15) is 11.5 Å². The first-order valence-corrected chi connectivity index (χ1v) is 9.60. The van der Waals surface area contributed by atoms with Gasteiger partial charge >= 0.3 is 0 Å². The number of nitrogens with one attached hydrogen (secondary N) is 3. The minimum atomic E-state index is -0.123. The molecule has 7 nitrogen and oxygen atoms in total. The van der Waals surface area contributed by atoms with Gasteiger partial charge in [-0.1, -0.05) is 29.8 Å². The Morgan fingerprint density at radius 2 is 1.67 bits per heavy atom. The number of carbonyl (C=O) groups is 1. The van der Waals surface area contributed by atoms with E-state index in [0.29, 0.717) is 30.5 Å². The van der Waals surface area contributed by atoms with Crippen LogP contribution in [0, 0.1) is 0 Å². The predicted molar refractivity (Wildman–Crippen MR) is 131 cm³/mol. The van der Waals surface area contributed by atoms with Crippen LogP contribution in [0.3, 0.4) is 0 Å². The number of ether oxygens (including phenoxy) is 2. The van der Waals surface area contributed by atoms with Gasteiger partial charge in [0.15, 0.2) is 5.96 Å². The number of hydrogen-bond acceptors (Lipinski definition) is 4. The zero-order valence-corrected chi connectivity index (χ0v) is 20.4. The summed E-state index contributed by atoms with van der Waals surface area (Å²) in [6.45, 7) is 1.20. The van der Waals surface area contributed by atoms with Crippen molar-refractivity contribution in [3.63, 3.8) is 0 Å². The minimum absolute atomic E-state index is 0. The first-order chi connectivity index (χ1) is 14.0. The summed E-state index contributed by atoms with van der Waals surface area (Å²) in [6, 6.07) is 13.2. The summed E-state index contributed by atoms with van der Waals surface area (Å²) in [5.74, 6) is 1.94. The standard InChI is InChI=1S/C21H27ClN4O3.HI/c1-23-21(24-11-10-16-6-9-18(29-3)12-19(16)22)26-14-20(27)25-13-15-4-7-17(28-2)8-5-15;/h4-9,12H,10-11,13-14H2,1-3H3,(H,25,27)(H2,23,24,26);1H. The van der Waals surface area contributed by atoms with E-state index in [-0.39, 0.29) is 36.4 Å². The van der Waals surface area contributed by atoms with Gasteiger partial charge in [-0.05, 0) is 41.8 Å². The van der Waals surface area contributed by atoms with Crippen molar-refractivity contribution in [1.82, 2.24) is 16.0 Å². The van der Waals surface area contributed by atoms with Gasteiger partial charge in [0, 0.05) is 25.2 Å². The number of aliphatic imine (C=N–C) groups is 1. The number of guanidine groups is 1. The predicted octanol–water partition coefficient (Wildman–Crippen LogP) is 3.00. The number of amides is 1. The molecule has 0 unspecified atom stereocenters. The number of nitrogens with zero attached hydrogens (tertiary/aromatic N) is 1. The molecule has 0 radical (unpaired) electrons. The van der Waals surface area contributed by atoms with Crippen LogP contribution in [0.2, 0.25) is 5.02 Å². The van der Waals surface area contributed by atoms with E-state index in [2.05, 4.69) is 20.9 Å². The van der Waals surface area contributed by atoms with Crippen LogP contribution >= 0.6 is 35.6 Å².